The van der Waals surface area contributed by atoms with E-state index in [1.807, 2.05) is 0 Å². The summed E-state index contributed by atoms with van der Waals surface area (Å²) in [7, 11) is -6.59. The molecule has 4 aromatic rings. The second-order valence-corrected chi connectivity index (χ2v) is 15.5. The molecular weight excluding hydrogens is 631 g/mol. The second-order valence-electron chi connectivity index (χ2n) is 10.00. The maximum absolute atomic E-state index is 10.8. The fourth-order valence-electron chi connectivity index (χ4n) is 4.77. The van der Waals surface area contributed by atoms with E-state index in [-0.39, 0.29) is 13.2 Å². The predicted octanol–water partition coefficient (Wildman–Crippen LogP) is 3.83. The van der Waals surface area contributed by atoms with Gasteiger partial charge in [0.2, 0.25) is 0 Å². The van der Waals surface area contributed by atoms with Gasteiger partial charge in [-0.3, -0.25) is 4.55 Å². The number of benzene rings is 4. The van der Waals surface area contributed by atoms with Crippen molar-refractivity contribution in [3.05, 3.63) is 120 Å². The normalized spacial score (nSPS) is 11.3. The van der Waals surface area contributed by atoms with Crippen molar-refractivity contribution < 1.29 is 47.7 Å². The molecule has 0 radical (unpaired) electrons. The summed E-state index contributed by atoms with van der Waals surface area (Å²) in [5, 5.41) is 38.0. The Morgan fingerprint density at radius 2 is 1.04 bits per heavy atom. The predicted molar refractivity (Wildman–Crippen MR) is 181 cm³/mol. The van der Waals surface area contributed by atoms with Crippen LogP contribution in [0.3, 0.4) is 0 Å². The van der Waals surface area contributed by atoms with Crippen LogP contribution < -0.4 is 15.9 Å². The number of aromatic carboxylic acids is 2. The van der Waals surface area contributed by atoms with E-state index in [4.69, 9.17) is 25.0 Å². The SMILES string of the molecule is CCCC[PH](c1ccccc1)(c1ccccc1)c1ccccc1.O=C(O)c1cc(C(=O)O)cc(S(=O)(=O)O)c1.OCCOCCO. The van der Waals surface area contributed by atoms with Crippen molar-refractivity contribution in [1.82, 2.24) is 0 Å². The first-order valence-corrected chi connectivity index (χ1v) is 18.2. The van der Waals surface area contributed by atoms with Crippen LogP contribution in [0.25, 0.3) is 0 Å². The fourth-order valence-corrected chi connectivity index (χ4v) is 10.4. The molecule has 12 heteroatoms. The number of hydrogen-bond acceptors (Lipinski definition) is 7. The molecular formula is C34H41O10PS. The van der Waals surface area contributed by atoms with Crippen LogP contribution in [-0.2, 0) is 14.9 Å². The molecule has 0 atom stereocenters. The molecule has 0 bridgehead atoms. The fraction of sp³-hybridized carbons (Fsp3) is 0.235. The first kappa shape index (κ1) is 38.2. The van der Waals surface area contributed by atoms with E-state index < -0.39 is 45.3 Å². The Bertz CT molecular complexity index is 1470. The van der Waals surface area contributed by atoms with Gasteiger partial charge in [-0.1, -0.05) is 0 Å². The first-order chi connectivity index (χ1) is 22.0. The van der Waals surface area contributed by atoms with Crippen molar-refractivity contribution in [3.8, 4) is 0 Å². The van der Waals surface area contributed by atoms with Crippen molar-refractivity contribution >= 4 is 45.2 Å². The Morgan fingerprint density at radius 3 is 1.33 bits per heavy atom. The van der Waals surface area contributed by atoms with Gasteiger partial charge < -0.3 is 25.2 Å². The van der Waals surface area contributed by atoms with Crippen LogP contribution in [0.15, 0.2) is 114 Å². The van der Waals surface area contributed by atoms with Crippen molar-refractivity contribution in [2.75, 3.05) is 32.6 Å². The average molecular weight is 673 g/mol. The Kier molecular flexibility index (Phi) is 16.2. The van der Waals surface area contributed by atoms with E-state index in [0.717, 1.165) is 6.07 Å². The summed E-state index contributed by atoms with van der Waals surface area (Å²) in [6.45, 7) is 2.99. The molecule has 0 aliphatic rings. The van der Waals surface area contributed by atoms with Gasteiger partial charge in [-0.25, -0.2) is 9.59 Å². The molecule has 0 aliphatic carbocycles. The van der Waals surface area contributed by atoms with Crippen LogP contribution in [-0.4, -0.2) is 77.9 Å². The third-order valence-corrected chi connectivity index (χ3v) is 12.8. The molecule has 4 rings (SSSR count). The van der Waals surface area contributed by atoms with E-state index >= 15 is 0 Å². The van der Waals surface area contributed by atoms with Gasteiger partial charge in [0, 0.05) is 0 Å². The van der Waals surface area contributed by atoms with E-state index in [9.17, 15) is 18.0 Å². The van der Waals surface area contributed by atoms with Crippen molar-refractivity contribution in [2.24, 2.45) is 0 Å². The Hall–Kier alpha value is -3.96. The Labute approximate surface area is 270 Å². The Balaban J connectivity index is 0.000000278. The summed E-state index contributed by atoms with van der Waals surface area (Å²) >= 11 is 0. The Morgan fingerprint density at radius 1 is 0.674 bits per heavy atom. The molecule has 248 valence electrons. The summed E-state index contributed by atoms with van der Waals surface area (Å²) < 4.78 is 34.8. The molecule has 0 amide bonds. The number of carboxylic acid groups (broad SMARTS) is 2. The van der Waals surface area contributed by atoms with Crippen molar-refractivity contribution in [1.29, 1.82) is 0 Å². The van der Waals surface area contributed by atoms with Crippen molar-refractivity contribution in [2.45, 2.75) is 24.7 Å². The van der Waals surface area contributed by atoms with Gasteiger partial charge in [-0.05, 0) is 18.2 Å². The van der Waals surface area contributed by atoms with E-state index in [0.29, 0.717) is 25.3 Å². The van der Waals surface area contributed by atoms with E-state index in [1.54, 1.807) is 0 Å². The third-order valence-electron chi connectivity index (χ3n) is 6.87. The molecule has 0 aromatic heterocycles. The molecule has 0 unspecified atom stereocenters. The summed E-state index contributed by atoms with van der Waals surface area (Å²) in [4.78, 5) is 20.4. The number of hydrogen-bond donors (Lipinski definition) is 5. The minimum absolute atomic E-state index is 0.0278. The van der Waals surface area contributed by atoms with Gasteiger partial charge >= 0.3 is 152 Å². The minimum Gasteiger partial charge on any atom is -0.478 e. The molecule has 0 aliphatic heterocycles. The molecule has 0 spiro atoms. The number of aliphatic hydroxyl groups is 2. The second kappa shape index (κ2) is 19.5. The zero-order chi connectivity index (χ0) is 34.0. The zero-order valence-electron chi connectivity index (χ0n) is 25.5. The van der Waals surface area contributed by atoms with Crippen molar-refractivity contribution in [3.63, 3.8) is 0 Å². The monoisotopic (exact) mass is 672 g/mol. The molecule has 4 aromatic carbocycles. The standard InChI is InChI=1S/C22H25P.C8H6O7S.C4H10O3/c1-2-3-19-23(20-13-7-4-8-14-20,21-15-9-5-10-16-21)22-17-11-6-12-18-22;9-7(10)4-1-5(8(11)12)3-6(2-4)16(13,14)15;5-1-3-7-4-2-6/h4-18,23H,2-3,19H2,1H3;1-3H,(H,9,10)(H,11,12)(H,13,14,15);5-6H,1-4H2. The number of carbonyl (C=O) groups is 2. The van der Waals surface area contributed by atoms with Gasteiger partial charge in [-0.2, -0.15) is 8.42 Å². The topological polar surface area (TPSA) is 179 Å². The largest absolute Gasteiger partial charge is 0.478 e. The van der Waals surface area contributed by atoms with Crippen LogP contribution in [0.1, 0.15) is 40.5 Å². The van der Waals surface area contributed by atoms with Crippen LogP contribution in [0.5, 0.6) is 0 Å². The average Bonchev–Trinajstić information content (AvgIpc) is 3.07. The molecule has 46 heavy (non-hydrogen) atoms. The molecule has 0 saturated carbocycles. The van der Waals surface area contributed by atoms with Crippen LogP contribution in [0.4, 0.5) is 0 Å². The molecule has 10 nitrogen and oxygen atoms in total. The van der Waals surface area contributed by atoms with Crippen LogP contribution >= 0.6 is 7.26 Å². The smallest absolute Gasteiger partial charge is 0.335 e. The van der Waals surface area contributed by atoms with Gasteiger partial charge in [0.15, 0.2) is 0 Å². The van der Waals surface area contributed by atoms with Crippen LogP contribution in [0, 0.1) is 0 Å². The number of unbranched alkanes of at least 4 members (excludes halogenated alkanes) is 1. The molecule has 0 saturated heterocycles. The molecule has 5 N–H and O–H groups in total. The molecule has 0 heterocycles. The molecule has 0 fully saturated rings. The number of carboxylic acids is 2. The van der Waals surface area contributed by atoms with Gasteiger partial charge in [0.05, 0.1) is 42.4 Å². The summed E-state index contributed by atoms with van der Waals surface area (Å²) in [6.07, 6.45) is 3.77. The summed E-state index contributed by atoms with van der Waals surface area (Å²) in [6, 6.07) is 35.7. The van der Waals surface area contributed by atoms with Gasteiger partial charge in [0.25, 0.3) is 10.1 Å². The number of rotatable bonds is 13. The van der Waals surface area contributed by atoms with Gasteiger partial charge in [-0.15, -0.1) is 0 Å². The van der Waals surface area contributed by atoms with Crippen LogP contribution in [0.2, 0.25) is 0 Å². The summed E-state index contributed by atoms with van der Waals surface area (Å²) in [5.41, 5.74) is -1.07. The first-order valence-electron chi connectivity index (χ1n) is 14.6. The van der Waals surface area contributed by atoms with Gasteiger partial charge in [0.1, 0.15) is 0 Å². The zero-order valence-corrected chi connectivity index (χ0v) is 27.3. The third kappa shape index (κ3) is 11.4. The van der Waals surface area contributed by atoms with E-state index in [1.165, 1.54) is 34.9 Å². The maximum atomic E-state index is 10.8. The minimum atomic E-state index is -4.64. The summed E-state index contributed by atoms with van der Waals surface area (Å²) in [5.74, 6) is -2.99. The van der Waals surface area contributed by atoms with E-state index in [2.05, 4.69) is 103 Å². The number of ether oxygens (including phenoxy) is 1. The quantitative estimate of drug-likeness (QED) is 0.0797. The maximum Gasteiger partial charge on any atom is 0.335 e. The number of aliphatic hydroxyl groups excluding tert-OH is 2.